The van der Waals surface area contributed by atoms with Gasteiger partial charge in [-0.3, -0.25) is 4.79 Å². The average molecular weight is 383 g/mol. The second kappa shape index (κ2) is 6.01. The smallest absolute Gasteiger partial charge is 0.261 e. The van der Waals surface area contributed by atoms with Gasteiger partial charge in [-0.25, -0.2) is 8.42 Å². The molecule has 1 aliphatic rings. The first-order chi connectivity index (χ1) is 9.29. The van der Waals surface area contributed by atoms with E-state index < -0.39 is 9.05 Å². The Balaban J connectivity index is 2.34. The molecule has 1 amide bonds. The molecule has 8 heteroatoms. The van der Waals surface area contributed by atoms with E-state index in [-0.39, 0.29) is 22.4 Å². The van der Waals surface area contributed by atoms with Crippen molar-refractivity contribution in [2.24, 2.45) is 0 Å². The second-order valence-electron chi connectivity index (χ2n) is 4.55. The summed E-state index contributed by atoms with van der Waals surface area (Å²) in [6.45, 7) is 2.82. The third-order valence-corrected chi connectivity index (χ3v) is 5.27. The first kappa shape index (κ1) is 15.8. The number of nitrogens with one attached hydrogen (secondary N) is 1. The van der Waals surface area contributed by atoms with Crippen molar-refractivity contribution < 1.29 is 17.9 Å². The van der Waals surface area contributed by atoms with Crippen molar-refractivity contribution in [1.29, 1.82) is 0 Å². The Kier molecular flexibility index (Phi) is 4.73. The molecule has 1 unspecified atom stereocenters. The minimum absolute atomic E-state index is 0.0445. The first-order valence-electron chi connectivity index (χ1n) is 5.92. The molecular formula is C12H13BrClNO4S. The summed E-state index contributed by atoms with van der Waals surface area (Å²) in [6, 6.07) is 2.62. The van der Waals surface area contributed by atoms with Crippen LogP contribution in [0.4, 0.5) is 0 Å². The number of carbonyl (C=O) groups is 1. The summed E-state index contributed by atoms with van der Waals surface area (Å²) in [7, 11) is 1.44. The van der Waals surface area contributed by atoms with Crippen molar-refractivity contribution in [3.63, 3.8) is 0 Å². The van der Waals surface area contributed by atoms with Crippen LogP contribution in [0, 0.1) is 6.92 Å². The Morgan fingerprint density at radius 3 is 2.75 bits per heavy atom. The van der Waals surface area contributed by atoms with Gasteiger partial charge in [0.25, 0.3) is 15.0 Å². The van der Waals surface area contributed by atoms with E-state index in [2.05, 4.69) is 21.2 Å². The molecule has 20 heavy (non-hydrogen) atoms. The number of amides is 1. The van der Waals surface area contributed by atoms with Gasteiger partial charge in [-0.1, -0.05) is 15.9 Å². The van der Waals surface area contributed by atoms with Crippen molar-refractivity contribution >= 4 is 41.6 Å². The monoisotopic (exact) mass is 381 g/mol. The maximum Gasteiger partial charge on any atom is 0.261 e. The normalized spacial score (nSPS) is 19.1. The van der Waals surface area contributed by atoms with Crippen LogP contribution in [0.15, 0.2) is 21.5 Å². The fraction of sp³-hybridized carbons (Fsp3) is 0.417. The van der Waals surface area contributed by atoms with Gasteiger partial charge in [-0.05, 0) is 31.0 Å². The van der Waals surface area contributed by atoms with Gasteiger partial charge in [-0.15, -0.1) is 0 Å². The average Bonchev–Trinajstić information content (AvgIpc) is 2.83. The summed E-state index contributed by atoms with van der Waals surface area (Å²) in [6.07, 6.45) is 0.749. The van der Waals surface area contributed by atoms with E-state index in [4.69, 9.17) is 15.4 Å². The molecule has 110 valence electrons. The van der Waals surface area contributed by atoms with Crippen LogP contribution in [0.1, 0.15) is 22.3 Å². The lowest BCUT2D eigenvalue weighted by atomic mass is 10.1. The maximum atomic E-state index is 12.2. The van der Waals surface area contributed by atoms with Crippen LogP contribution in [-0.4, -0.2) is 33.6 Å². The summed E-state index contributed by atoms with van der Waals surface area (Å²) in [4.78, 5) is 12.1. The number of rotatable bonds is 3. The molecule has 1 aromatic rings. The molecule has 1 fully saturated rings. The van der Waals surface area contributed by atoms with E-state index in [9.17, 15) is 13.2 Å². The van der Waals surface area contributed by atoms with Gasteiger partial charge < -0.3 is 10.1 Å². The first-order valence-corrected chi connectivity index (χ1v) is 9.02. The number of benzene rings is 1. The summed E-state index contributed by atoms with van der Waals surface area (Å²) in [5.41, 5.74) is 0.941. The van der Waals surface area contributed by atoms with Gasteiger partial charge >= 0.3 is 0 Å². The molecule has 0 radical (unpaired) electrons. The topological polar surface area (TPSA) is 72.5 Å². The Morgan fingerprint density at radius 2 is 2.20 bits per heavy atom. The van der Waals surface area contributed by atoms with E-state index in [0.29, 0.717) is 23.2 Å². The summed E-state index contributed by atoms with van der Waals surface area (Å²) >= 11 is 3.24. The second-order valence-corrected chi connectivity index (χ2v) is 7.97. The zero-order valence-corrected chi connectivity index (χ0v) is 13.8. The third kappa shape index (κ3) is 3.52. The maximum absolute atomic E-state index is 12.2. The minimum Gasteiger partial charge on any atom is -0.379 e. The molecule has 0 saturated carbocycles. The van der Waals surface area contributed by atoms with Gasteiger partial charge in [-0.2, -0.15) is 0 Å². The lowest BCUT2D eigenvalue weighted by Gasteiger charge is -2.14. The molecule has 5 nitrogen and oxygen atoms in total. The van der Waals surface area contributed by atoms with Crippen LogP contribution in [0.25, 0.3) is 0 Å². The number of halogens is 2. The van der Waals surface area contributed by atoms with Crippen LogP contribution in [-0.2, 0) is 13.8 Å². The van der Waals surface area contributed by atoms with Crippen LogP contribution in [0.3, 0.4) is 0 Å². The minimum atomic E-state index is -3.89. The van der Waals surface area contributed by atoms with Gasteiger partial charge in [0.2, 0.25) is 0 Å². The van der Waals surface area contributed by atoms with Crippen molar-refractivity contribution in [2.45, 2.75) is 24.3 Å². The molecule has 1 N–H and O–H groups in total. The van der Waals surface area contributed by atoms with Crippen molar-refractivity contribution in [3.8, 4) is 0 Å². The number of hydrogen-bond donors (Lipinski definition) is 1. The number of carbonyl (C=O) groups excluding carboxylic acids is 1. The van der Waals surface area contributed by atoms with E-state index in [1.165, 1.54) is 12.1 Å². The summed E-state index contributed by atoms with van der Waals surface area (Å²) in [5.74, 6) is -0.333. The Hall–Kier alpha value is -0.630. The molecule has 1 atom stereocenters. The molecule has 0 aromatic heterocycles. The molecule has 0 bridgehead atoms. The molecule has 1 aliphatic heterocycles. The van der Waals surface area contributed by atoms with Crippen molar-refractivity contribution in [1.82, 2.24) is 5.32 Å². The zero-order chi connectivity index (χ0) is 14.9. The third-order valence-electron chi connectivity index (χ3n) is 3.11. The lowest BCUT2D eigenvalue weighted by Crippen LogP contribution is -2.35. The number of hydrogen-bond acceptors (Lipinski definition) is 4. The molecule has 0 aliphatic carbocycles. The van der Waals surface area contributed by atoms with Gasteiger partial charge in [0.05, 0.1) is 17.5 Å². The van der Waals surface area contributed by atoms with E-state index in [0.717, 1.165) is 6.42 Å². The van der Waals surface area contributed by atoms with E-state index in [1.54, 1.807) is 6.92 Å². The standard InChI is InChI=1S/C12H13BrClNO4S/c1-7-10(12(16)15-8-2-3-19-6-8)4-9(5-11(7)13)20(14,17)18/h4-5,8H,2-3,6H2,1H3,(H,15,16). The van der Waals surface area contributed by atoms with E-state index >= 15 is 0 Å². The van der Waals surface area contributed by atoms with Crippen LogP contribution >= 0.6 is 26.6 Å². The highest BCUT2D eigenvalue weighted by Crippen LogP contribution is 2.27. The summed E-state index contributed by atoms with van der Waals surface area (Å²) < 4.78 is 28.5. The molecule has 0 spiro atoms. The predicted octanol–water partition coefficient (Wildman–Crippen LogP) is 2.20. The highest BCUT2D eigenvalue weighted by molar-refractivity contribution is 9.10. The van der Waals surface area contributed by atoms with Crippen molar-refractivity contribution in [2.75, 3.05) is 13.2 Å². The predicted molar refractivity (Wildman–Crippen MR) is 78.6 cm³/mol. The quantitative estimate of drug-likeness (QED) is 0.814. The number of ether oxygens (including phenoxy) is 1. The molecule has 1 aromatic carbocycles. The highest BCUT2D eigenvalue weighted by atomic mass is 79.9. The Bertz CT molecular complexity index is 641. The SMILES string of the molecule is Cc1c(Br)cc(S(=O)(=O)Cl)cc1C(=O)NC1CCOC1. The molecule has 2 rings (SSSR count). The lowest BCUT2D eigenvalue weighted by molar-refractivity contribution is 0.0929. The van der Waals surface area contributed by atoms with Gasteiger partial charge in [0.1, 0.15) is 0 Å². The molecule has 1 saturated heterocycles. The van der Waals surface area contributed by atoms with Crippen LogP contribution in [0.2, 0.25) is 0 Å². The zero-order valence-electron chi connectivity index (χ0n) is 10.7. The molecule has 1 heterocycles. The summed E-state index contributed by atoms with van der Waals surface area (Å²) in [5, 5.41) is 2.82. The van der Waals surface area contributed by atoms with Crippen LogP contribution < -0.4 is 5.32 Å². The Morgan fingerprint density at radius 1 is 1.50 bits per heavy atom. The highest BCUT2D eigenvalue weighted by Gasteiger charge is 2.22. The Labute approximate surface area is 130 Å². The van der Waals surface area contributed by atoms with Crippen LogP contribution in [0.5, 0.6) is 0 Å². The fourth-order valence-corrected chi connectivity index (χ4v) is 3.34. The molecular weight excluding hydrogens is 370 g/mol. The van der Waals surface area contributed by atoms with Gasteiger partial charge in [0, 0.05) is 27.3 Å². The van der Waals surface area contributed by atoms with Gasteiger partial charge in [0.15, 0.2) is 0 Å². The fourth-order valence-electron chi connectivity index (χ4n) is 1.94. The van der Waals surface area contributed by atoms with Crippen molar-refractivity contribution in [3.05, 3.63) is 27.7 Å². The van der Waals surface area contributed by atoms with E-state index in [1.807, 2.05) is 0 Å². The largest absolute Gasteiger partial charge is 0.379 e.